The number of likely N-dealkylation sites (tertiary alicyclic amines) is 1. The Morgan fingerprint density at radius 2 is 1.95 bits per heavy atom. The lowest BCUT2D eigenvalue weighted by molar-refractivity contribution is -0.141. The van der Waals surface area contributed by atoms with Crippen molar-refractivity contribution < 1.29 is 14.7 Å². The van der Waals surface area contributed by atoms with Crippen LogP contribution < -0.4 is 0 Å². The van der Waals surface area contributed by atoms with Gasteiger partial charge >= 0.3 is 5.97 Å². The summed E-state index contributed by atoms with van der Waals surface area (Å²) < 4.78 is 0. The first-order valence-electron chi connectivity index (χ1n) is 6.82. The molecule has 0 bridgehead atoms. The summed E-state index contributed by atoms with van der Waals surface area (Å²) in [6.07, 6.45) is 0.535. The topological polar surface area (TPSA) is 57.6 Å². The molecule has 1 fully saturated rings. The predicted octanol–water partition coefficient (Wildman–Crippen LogP) is 2.96. The van der Waals surface area contributed by atoms with Gasteiger partial charge in [0.25, 0.3) is 5.91 Å². The first-order chi connectivity index (χ1) is 10.2. The number of carbonyl (C=O) groups is 2. The standard InChI is InChI=1S/C16H15NO3S/c18-15(17-8-6-12(10-17)16(19)20)14-13(7-9-21-14)11-4-2-1-3-5-11/h1-5,7,9,12H,6,8,10H2,(H,19,20). The van der Waals surface area contributed by atoms with Crippen molar-refractivity contribution in [3.8, 4) is 11.1 Å². The van der Waals surface area contributed by atoms with Gasteiger partial charge in [0.15, 0.2) is 0 Å². The number of nitrogens with zero attached hydrogens (tertiary/aromatic N) is 1. The van der Waals surface area contributed by atoms with Gasteiger partial charge in [-0.3, -0.25) is 9.59 Å². The van der Waals surface area contributed by atoms with Crippen molar-refractivity contribution in [2.75, 3.05) is 13.1 Å². The van der Waals surface area contributed by atoms with Gasteiger partial charge in [0, 0.05) is 18.7 Å². The molecule has 1 aromatic carbocycles. The molecule has 1 amide bonds. The van der Waals surface area contributed by atoms with Gasteiger partial charge in [-0.2, -0.15) is 0 Å². The van der Waals surface area contributed by atoms with Crippen molar-refractivity contribution in [3.63, 3.8) is 0 Å². The Labute approximate surface area is 126 Å². The molecule has 1 aromatic heterocycles. The summed E-state index contributed by atoms with van der Waals surface area (Å²) in [6.45, 7) is 0.822. The highest BCUT2D eigenvalue weighted by Crippen LogP contribution is 2.30. The first-order valence-corrected chi connectivity index (χ1v) is 7.70. The van der Waals surface area contributed by atoms with E-state index in [9.17, 15) is 9.59 Å². The van der Waals surface area contributed by atoms with Gasteiger partial charge in [0.2, 0.25) is 0 Å². The van der Waals surface area contributed by atoms with Crippen molar-refractivity contribution >= 4 is 23.2 Å². The third kappa shape index (κ3) is 2.69. The first kappa shape index (κ1) is 13.8. The lowest BCUT2D eigenvalue weighted by Gasteiger charge is -2.16. The maximum absolute atomic E-state index is 12.6. The molecule has 21 heavy (non-hydrogen) atoms. The Morgan fingerprint density at radius 3 is 2.62 bits per heavy atom. The van der Waals surface area contributed by atoms with E-state index >= 15 is 0 Å². The van der Waals surface area contributed by atoms with Crippen LogP contribution in [0.3, 0.4) is 0 Å². The van der Waals surface area contributed by atoms with Gasteiger partial charge < -0.3 is 10.0 Å². The van der Waals surface area contributed by atoms with E-state index in [4.69, 9.17) is 5.11 Å². The van der Waals surface area contributed by atoms with Gasteiger partial charge in [-0.15, -0.1) is 11.3 Å². The second-order valence-electron chi connectivity index (χ2n) is 5.10. The summed E-state index contributed by atoms with van der Waals surface area (Å²) in [6, 6.07) is 11.7. The normalized spacial score (nSPS) is 17.9. The smallest absolute Gasteiger partial charge is 0.308 e. The summed E-state index contributed by atoms with van der Waals surface area (Å²) in [5.41, 5.74) is 1.93. The fourth-order valence-electron chi connectivity index (χ4n) is 2.61. The lowest BCUT2D eigenvalue weighted by Crippen LogP contribution is -2.29. The van der Waals surface area contributed by atoms with E-state index in [2.05, 4.69) is 0 Å². The number of rotatable bonds is 3. The fraction of sp³-hybridized carbons (Fsp3) is 0.250. The Kier molecular flexibility index (Phi) is 3.75. The number of benzene rings is 1. The third-order valence-electron chi connectivity index (χ3n) is 3.77. The fourth-order valence-corrected chi connectivity index (χ4v) is 3.49. The van der Waals surface area contributed by atoms with Gasteiger partial charge in [0.1, 0.15) is 0 Å². The van der Waals surface area contributed by atoms with E-state index in [1.54, 1.807) is 4.90 Å². The van der Waals surface area contributed by atoms with Gasteiger partial charge in [0.05, 0.1) is 10.8 Å². The number of hydrogen-bond donors (Lipinski definition) is 1. The number of thiophene rings is 1. The van der Waals surface area contributed by atoms with E-state index in [-0.39, 0.29) is 5.91 Å². The summed E-state index contributed by atoms with van der Waals surface area (Å²) >= 11 is 1.41. The van der Waals surface area contributed by atoms with Crippen LogP contribution in [0.15, 0.2) is 41.8 Å². The molecule has 1 aliphatic rings. The average Bonchev–Trinajstić information content (AvgIpc) is 3.17. The van der Waals surface area contributed by atoms with Gasteiger partial charge in [-0.25, -0.2) is 0 Å². The van der Waals surface area contributed by atoms with Crippen LogP contribution in [-0.4, -0.2) is 35.0 Å². The van der Waals surface area contributed by atoms with Crippen LogP contribution in [-0.2, 0) is 4.79 Å². The zero-order chi connectivity index (χ0) is 14.8. The van der Waals surface area contributed by atoms with Crippen molar-refractivity contribution in [2.45, 2.75) is 6.42 Å². The number of carboxylic acid groups (broad SMARTS) is 1. The second kappa shape index (κ2) is 5.69. The molecule has 3 rings (SSSR count). The van der Waals surface area contributed by atoms with Crippen molar-refractivity contribution in [1.29, 1.82) is 0 Å². The van der Waals surface area contributed by atoms with E-state index in [0.717, 1.165) is 11.1 Å². The van der Waals surface area contributed by atoms with Gasteiger partial charge in [-0.1, -0.05) is 30.3 Å². The maximum atomic E-state index is 12.6. The molecule has 2 aromatic rings. The summed E-state index contributed by atoms with van der Waals surface area (Å²) in [5.74, 6) is -1.32. The molecule has 0 spiro atoms. The monoisotopic (exact) mass is 301 g/mol. The molecular formula is C16H15NO3S. The van der Waals surface area contributed by atoms with Crippen LogP contribution >= 0.6 is 11.3 Å². The van der Waals surface area contributed by atoms with Crippen LogP contribution in [0.2, 0.25) is 0 Å². The van der Waals surface area contributed by atoms with E-state index in [1.807, 2.05) is 41.8 Å². The van der Waals surface area contributed by atoms with E-state index in [1.165, 1.54) is 11.3 Å². The highest BCUT2D eigenvalue weighted by Gasteiger charge is 2.32. The van der Waals surface area contributed by atoms with E-state index < -0.39 is 11.9 Å². The average molecular weight is 301 g/mol. The quantitative estimate of drug-likeness (QED) is 0.948. The van der Waals surface area contributed by atoms with Crippen LogP contribution in [0.1, 0.15) is 16.1 Å². The minimum absolute atomic E-state index is 0.0624. The zero-order valence-electron chi connectivity index (χ0n) is 11.4. The van der Waals surface area contributed by atoms with Crippen LogP contribution in [0.25, 0.3) is 11.1 Å². The second-order valence-corrected chi connectivity index (χ2v) is 6.02. The molecule has 0 radical (unpaired) electrons. The Morgan fingerprint density at radius 1 is 1.19 bits per heavy atom. The van der Waals surface area contributed by atoms with Crippen LogP contribution in [0.4, 0.5) is 0 Å². The Balaban J connectivity index is 1.84. The number of carboxylic acids is 1. The maximum Gasteiger partial charge on any atom is 0.308 e. The molecule has 2 heterocycles. The molecule has 0 saturated carbocycles. The van der Waals surface area contributed by atoms with Crippen LogP contribution in [0.5, 0.6) is 0 Å². The highest BCUT2D eigenvalue weighted by atomic mass is 32.1. The third-order valence-corrected chi connectivity index (χ3v) is 4.67. The Hall–Kier alpha value is -2.14. The molecule has 108 valence electrons. The number of amides is 1. The SMILES string of the molecule is O=C(O)C1CCN(C(=O)c2sccc2-c2ccccc2)C1. The molecule has 1 atom stereocenters. The molecule has 1 aliphatic heterocycles. The molecule has 0 aliphatic carbocycles. The molecule has 1 N–H and O–H groups in total. The van der Waals surface area contributed by atoms with E-state index in [0.29, 0.717) is 24.4 Å². The minimum Gasteiger partial charge on any atom is -0.481 e. The highest BCUT2D eigenvalue weighted by molar-refractivity contribution is 7.12. The predicted molar refractivity (Wildman–Crippen MR) is 81.4 cm³/mol. The van der Waals surface area contributed by atoms with Crippen molar-refractivity contribution in [1.82, 2.24) is 4.90 Å². The Bertz CT molecular complexity index is 665. The van der Waals surface area contributed by atoms with Crippen molar-refractivity contribution in [3.05, 3.63) is 46.7 Å². The number of aliphatic carboxylic acids is 1. The lowest BCUT2D eigenvalue weighted by atomic mass is 10.1. The molecule has 1 saturated heterocycles. The van der Waals surface area contributed by atoms with Gasteiger partial charge in [-0.05, 0) is 23.4 Å². The number of hydrogen-bond acceptors (Lipinski definition) is 3. The minimum atomic E-state index is -0.820. The van der Waals surface area contributed by atoms with Crippen LogP contribution in [0, 0.1) is 5.92 Å². The molecule has 4 nitrogen and oxygen atoms in total. The largest absolute Gasteiger partial charge is 0.481 e. The summed E-state index contributed by atoms with van der Waals surface area (Å²) in [5, 5.41) is 10.9. The molecular weight excluding hydrogens is 286 g/mol. The molecule has 5 heteroatoms. The zero-order valence-corrected chi connectivity index (χ0v) is 12.2. The number of carbonyl (C=O) groups excluding carboxylic acids is 1. The summed E-state index contributed by atoms with van der Waals surface area (Å²) in [7, 11) is 0. The summed E-state index contributed by atoms with van der Waals surface area (Å²) in [4.78, 5) is 26.0. The molecule has 1 unspecified atom stereocenters. The van der Waals surface area contributed by atoms with Crippen molar-refractivity contribution in [2.24, 2.45) is 5.92 Å².